The molecule has 0 aliphatic rings. The van der Waals surface area contributed by atoms with Crippen molar-refractivity contribution in [2.24, 2.45) is 5.84 Å². The lowest BCUT2D eigenvalue weighted by atomic mass is 10.0. The summed E-state index contributed by atoms with van der Waals surface area (Å²) in [5.41, 5.74) is 4.12. The highest BCUT2D eigenvalue weighted by atomic mass is 15.2. The number of hydrogen-bond donors (Lipinski definition) is 2. The molecule has 3 N–H and O–H groups in total. The van der Waals surface area contributed by atoms with Gasteiger partial charge in [0.15, 0.2) is 0 Å². The first-order chi connectivity index (χ1) is 7.36. The van der Waals surface area contributed by atoms with Crippen molar-refractivity contribution in [3.05, 3.63) is 35.9 Å². The molecule has 0 aliphatic carbocycles. The number of benzene rings is 1. The van der Waals surface area contributed by atoms with Crippen LogP contribution in [-0.4, -0.2) is 6.04 Å². The molecule has 0 fully saturated rings. The number of nitrogens with one attached hydrogen (secondary N) is 1. The van der Waals surface area contributed by atoms with Gasteiger partial charge < -0.3 is 0 Å². The van der Waals surface area contributed by atoms with E-state index in [2.05, 4.69) is 35.6 Å². The number of rotatable bonds is 6. The minimum absolute atomic E-state index is 0.249. The van der Waals surface area contributed by atoms with Crippen LogP contribution in [0.15, 0.2) is 30.3 Å². The molecule has 1 unspecified atom stereocenters. The topological polar surface area (TPSA) is 38.0 Å². The molecule has 0 saturated carbocycles. The predicted molar refractivity (Wildman–Crippen MR) is 63.9 cm³/mol. The van der Waals surface area contributed by atoms with Crippen molar-refractivity contribution >= 4 is 0 Å². The number of terminal acetylenes is 1. The smallest absolute Gasteiger partial charge is 0.0319 e. The zero-order chi connectivity index (χ0) is 10.9. The van der Waals surface area contributed by atoms with E-state index in [0.717, 1.165) is 19.3 Å². The highest BCUT2D eigenvalue weighted by molar-refractivity contribution is 5.14. The van der Waals surface area contributed by atoms with Crippen molar-refractivity contribution in [3.8, 4) is 12.3 Å². The van der Waals surface area contributed by atoms with Crippen LogP contribution in [0.2, 0.25) is 0 Å². The fraction of sp³-hybridized carbons (Fsp3) is 0.385. The summed E-state index contributed by atoms with van der Waals surface area (Å²) in [7, 11) is 0. The number of hydrazine groups is 1. The highest BCUT2D eigenvalue weighted by Crippen LogP contribution is 2.07. The monoisotopic (exact) mass is 202 g/mol. The van der Waals surface area contributed by atoms with E-state index in [0.29, 0.717) is 6.42 Å². The molecule has 15 heavy (non-hydrogen) atoms. The molecule has 2 heteroatoms. The van der Waals surface area contributed by atoms with E-state index in [-0.39, 0.29) is 6.04 Å². The van der Waals surface area contributed by atoms with E-state index < -0.39 is 0 Å². The maximum absolute atomic E-state index is 5.39. The van der Waals surface area contributed by atoms with Crippen molar-refractivity contribution in [3.63, 3.8) is 0 Å². The Morgan fingerprint density at radius 2 is 2.07 bits per heavy atom. The van der Waals surface area contributed by atoms with Gasteiger partial charge in [-0.2, -0.15) is 0 Å². The summed E-state index contributed by atoms with van der Waals surface area (Å²) in [5, 5.41) is 0. The second kappa shape index (κ2) is 7.05. The number of nitrogens with two attached hydrogens (primary N) is 1. The van der Waals surface area contributed by atoms with Crippen LogP contribution >= 0.6 is 0 Å². The Balaban J connectivity index is 2.24. The molecule has 1 aromatic carbocycles. The van der Waals surface area contributed by atoms with Gasteiger partial charge in [0.1, 0.15) is 0 Å². The van der Waals surface area contributed by atoms with E-state index in [4.69, 9.17) is 12.3 Å². The molecule has 0 radical (unpaired) electrons. The van der Waals surface area contributed by atoms with Crippen molar-refractivity contribution in [2.45, 2.75) is 31.7 Å². The largest absolute Gasteiger partial charge is 0.271 e. The molecule has 0 bridgehead atoms. The summed E-state index contributed by atoms with van der Waals surface area (Å²) in [5.74, 6) is 8.02. The van der Waals surface area contributed by atoms with Crippen molar-refractivity contribution in [1.82, 2.24) is 5.43 Å². The molecule has 1 aromatic rings. The summed E-state index contributed by atoms with van der Waals surface area (Å²) in [4.78, 5) is 0. The van der Waals surface area contributed by atoms with Gasteiger partial charge >= 0.3 is 0 Å². The molecular weight excluding hydrogens is 184 g/mol. The average Bonchev–Trinajstić information content (AvgIpc) is 2.29. The third-order valence-corrected chi connectivity index (χ3v) is 2.46. The SMILES string of the molecule is C#CCC(CCCc1ccccc1)NN. The van der Waals surface area contributed by atoms with E-state index in [1.807, 2.05) is 6.07 Å². The Morgan fingerprint density at radius 3 is 2.67 bits per heavy atom. The van der Waals surface area contributed by atoms with E-state index in [1.165, 1.54) is 5.56 Å². The quantitative estimate of drug-likeness (QED) is 0.420. The van der Waals surface area contributed by atoms with Crippen LogP contribution in [-0.2, 0) is 6.42 Å². The molecule has 2 nitrogen and oxygen atoms in total. The zero-order valence-electron chi connectivity index (χ0n) is 8.95. The fourth-order valence-electron chi connectivity index (χ4n) is 1.58. The first kappa shape index (κ1) is 11.8. The summed E-state index contributed by atoms with van der Waals surface area (Å²) >= 11 is 0. The highest BCUT2D eigenvalue weighted by Gasteiger charge is 2.03. The van der Waals surface area contributed by atoms with Gasteiger partial charge in [-0.25, -0.2) is 0 Å². The standard InChI is InChI=1S/C13H18N2/c1-2-7-13(15-14)11-6-10-12-8-4-3-5-9-12/h1,3-5,8-9,13,15H,6-7,10-11,14H2. The van der Waals surface area contributed by atoms with Crippen LogP contribution in [0.3, 0.4) is 0 Å². The third kappa shape index (κ3) is 4.64. The molecule has 0 saturated heterocycles. The predicted octanol–water partition coefficient (Wildman–Crippen LogP) is 1.86. The molecule has 0 aliphatic heterocycles. The molecule has 1 atom stereocenters. The van der Waals surface area contributed by atoms with Gasteiger partial charge in [0.05, 0.1) is 0 Å². The molecule has 0 heterocycles. The lowest BCUT2D eigenvalue weighted by molar-refractivity contribution is 0.488. The van der Waals surface area contributed by atoms with Gasteiger partial charge in [-0.05, 0) is 24.8 Å². The Hall–Kier alpha value is -1.30. The number of hydrogen-bond acceptors (Lipinski definition) is 2. The Labute approximate surface area is 91.8 Å². The second-order valence-corrected chi connectivity index (χ2v) is 3.65. The maximum atomic E-state index is 5.39. The van der Waals surface area contributed by atoms with Crippen molar-refractivity contribution in [1.29, 1.82) is 0 Å². The van der Waals surface area contributed by atoms with Gasteiger partial charge in [0.25, 0.3) is 0 Å². The molecular formula is C13H18N2. The van der Waals surface area contributed by atoms with Gasteiger partial charge in [-0.3, -0.25) is 11.3 Å². The summed E-state index contributed by atoms with van der Waals surface area (Å²) in [6.45, 7) is 0. The first-order valence-electron chi connectivity index (χ1n) is 5.30. The first-order valence-corrected chi connectivity index (χ1v) is 5.30. The van der Waals surface area contributed by atoms with Gasteiger partial charge in [-0.1, -0.05) is 30.3 Å². The lowest BCUT2D eigenvalue weighted by Crippen LogP contribution is -2.34. The molecule has 1 rings (SSSR count). The zero-order valence-corrected chi connectivity index (χ0v) is 8.95. The van der Waals surface area contributed by atoms with Gasteiger partial charge in [-0.15, -0.1) is 12.3 Å². The van der Waals surface area contributed by atoms with Crippen LogP contribution in [0.25, 0.3) is 0 Å². The molecule has 80 valence electrons. The Kier molecular flexibility index (Phi) is 5.54. The van der Waals surface area contributed by atoms with Crippen molar-refractivity contribution < 1.29 is 0 Å². The van der Waals surface area contributed by atoms with Crippen LogP contribution < -0.4 is 11.3 Å². The average molecular weight is 202 g/mol. The molecule has 0 aromatic heterocycles. The second-order valence-electron chi connectivity index (χ2n) is 3.65. The van der Waals surface area contributed by atoms with Gasteiger partial charge in [0.2, 0.25) is 0 Å². The number of aryl methyl sites for hydroxylation is 1. The summed E-state index contributed by atoms with van der Waals surface area (Å²) < 4.78 is 0. The van der Waals surface area contributed by atoms with E-state index in [9.17, 15) is 0 Å². The Morgan fingerprint density at radius 1 is 1.33 bits per heavy atom. The van der Waals surface area contributed by atoms with Crippen molar-refractivity contribution in [2.75, 3.05) is 0 Å². The minimum Gasteiger partial charge on any atom is -0.271 e. The van der Waals surface area contributed by atoms with Crippen LogP contribution in [0.5, 0.6) is 0 Å². The fourth-order valence-corrected chi connectivity index (χ4v) is 1.58. The summed E-state index contributed by atoms with van der Waals surface area (Å²) in [6, 6.07) is 10.7. The van der Waals surface area contributed by atoms with E-state index in [1.54, 1.807) is 0 Å². The normalized spacial score (nSPS) is 12.0. The summed E-state index contributed by atoms with van der Waals surface area (Å²) in [6.07, 6.45) is 9.16. The lowest BCUT2D eigenvalue weighted by Gasteiger charge is -2.12. The van der Waals surface area contributed by atoms with Crippen LogP contribution in [0, 0.1) is 12.3 Å². The Bertz CT molecular complexity index is 300. The molecule has 0 spiro atoms. The third-order valence-electron chi connectivity index (χ3n) is 2.46. The van der Waals surface area contributed by atoms with E-state index >= 15 is 0 Å². The minimum atomic E-state index is 0.249. The van der Waals surface area contributed by atoms with Gasteiger partial charge in [0, 0.05) is 12.5 Å². The maximum Gasteiger partial charge on any atom is 0.0319 e. The van der Waals surface area contributed by atoms with Crippen LogP contribution in [0.4, 0.5) is 0 Å². The molecule has 0 amide bonds. The van der Waals surface area contributed by atoms with Crippen LogP contribution in [0.1, 0.15) is 24.8 Å².